The zero-order valence-corrected chi connectivity index (χ0v) is 15.7. The van der Waals surface area contributed by atoms with E-state index in [4.69, 9.17) is 4.74 Å². The quantitative estimate of drug-likeness (QED) is 0.756. The molecule has 2 heterocycles. The van der Waals surface area contributed by atoms with Crippen molar-refractivity contribution in [2.45, 2.75) is 13.0 Å². The fraction of sp³-hybridized carbons (Fsp3) is 0.400. The number of nitrogens with one attached hydrogen (secondary N) is 1. The summed E-state index contributed by atoms with van der Waals surface area (Å²) in [6.07, 6.45) is 4.10. The number of halogens is 1. The second-order valence-electron chi connectivity index (χ2n) is 6.60. The van der Waals surface area contributed by atoms with Gasteiger partial charge in [-0.3, -0.25) is 9.78 Å². The van der Waals surface area contributed by atoms with Crippen LogP contribution in [0.3, 0.4) is 0 Å². The van der Waals surface area contributed by atoms with Gasteiger partial charge >= 0.3 is 0 Å². The molecular weight excluding hydrogens is 347 g/mol. The fourth-order valence-electron chi connectivity index (χ4n) is 3.09. The number of carbonyl (C=O) groups excluding carboxylic acids is 1. The molecule has 1 N–H and O–H groups in total. The number of fused-ring (bicyclic) bond motifs is 1. The first-order valence-corrected chi connectivity index (χ1v) is 9.10. The number of carbonyl (C=O) groups is 1. The fourth-order valence-corrected chi connectivity index (χ4v) is 3.09. The summed E-state index contributed by atoms with van der Waals surface area (Å²) in [4.78, 5) is 20.6. The van der Waals surface area contributed by atoms with Crippen LogP contribution in [0.15, 0.2) is 36.7 Å². The van der Waals surface area contributed by atoms with Crippen LogP contribution >= 0.6 is 0 Å². The lowest BCUT2D eigenvalue weighted by Crippen LogP contribution is -2.33. The van der Waals surface area contributed by atoms with Gasteiger partial charge in [0, 0.05) is 50.7 Å². The Morgan fingerprint density at radius 2 is 2.15 bits per heavy atom. The molecule has 144 valence electrons. The average molecular weight is 372 g/mol. The molecule has 6 nitrogen and oxygen atoms in total. The molecule has 1 aromatic heterocycles. The van der Waals surface area contributed by atoms with Crippen molar-refractivity contribution in [3.8, 4) is 5.75 Å². The van der Waals surface area contributed by atoms with E-state index in [0.29, 0.717) is 36.6 Å². The van der Waals surface area contributed by atoms with Gasteiger partial charge in [-0.1, -0.05) is 6.07 Å². The number of hydrogen-bond acceptors (Lipinski definition) is 5. The highest BCUT2D eigenvalue weighted by Gasteiger charge is 2.25. The van der Waals surface area contributed by atoms with Crippen LogP contribution in [0, 0.1) is 5.82 Å². The number of pyridine rings is 1. The lowest BCUT2D eigenvalue weighted by molar-refractivity contribution is 0.0753. The minimum atomic E-state index is -0.363. The Kier molecular flexibility index (Phi) is 6.24. The smallest absolute Gasteiger partial charge is 0.257 e. The van der Waals surface area contributed by atoms with Crippen LogP contribution in [0.4, 0.5) is 10.1 Å². The third-order valence-corrected chi connectivity index (χ3v) is 4.66. The molecule has 0 bridgehead atoms. The topological polar surface area (TPSA) is 57.7 Å². The monoisotopic (exact) mass is 372 g/mol. The van der Waals surface area contributed by atoms with Crippen molar-refractivity contribution in [2.75, 3.05) is 45.2 Å². The van der Waals surface area contributed by atoms with E-state index in [1.807, 2.05) is 25.1 Å². The van der Waals surface area contributed by atoms with Crippen molar-refractivity contribution in [3.05, 3.63) is 53.6 Å². The number of amides is 1. The van der Waals surface area contributed by atoms with E-state index in [1.165, 1.54) is 6.07 Å². The maximum Gasteiger partial charge on any atom is 0.257 e. The molecule has 0 atom stereocenters. The Balaban J connectivity index is 1.70. The van der Waals surface area contributed by atoms with Crippen LogP contribution in [-0.4, -0.2) is 56.1 Å². The summed E-state index contributed by atoms with van der Waals surface area (Å²) in [5.74, 6) is 0.0102. The number of rotatable bonds is 7. The number of ether oxygens (including phenoxy) is 1. The molecule has 0 radical (unpaired) electrons. The first kappa shape index (κ1) is 19.1. The predicted molar refractivity (Wildman–Crippen MR) is 103 cm³/mol. The van der Waals surface area contributed by atoms with E-state index in [0.717, 1.165) is 18.7 Å². The van der Waals surface area contributed by atoms with Crippen LogP contribution in [0.1, 0.15) is 22.3 Å². The van der Waals surface area contributed by atoms with Gasteiger partial charge in [0.2, 0.25) is 0 Å². The molecule has 0 fully saturated rings. The normalized spacial score (nSPS) is 14.1. The van der Waals surface area contributed by atoms with E-state index in [2.05, 4.69) is 10.3 Å². The van der Waals surface area contributed by atoms with E-state index in [1.54, 1.807) is 29.4 Å². The highest BCUT2D eigenvalue weighted by molar-refractivity contribution is 6.00. The second-order valence-corrected chi connectivity index (χ2v) is 6.60. The molecule has 0 spiro atoms. The predicted octanol–water partition coefficient (Wildman–Crippen LogP) is 2.30. The lowest BCUT2D eigenvalue weighted by Gasteiger charge is -2.21. The molecular formula is C20H25FN4O2. The van der Waals surface area contributed by atoms with Gasteiger partial charge in [-0.15, -0.1) is 0 Å². The first-order valence-electron chi connectivity index (χ1n) is 9.10. The summed E-state index contributed by atoms with van der Waals surface area (Å²) in [5.41, 5.74) is 1.87. The van der Waals surface area contributed by atoms with Crippen LogP contribution in [0.5, 0.6) is 5.75 Å². The minimum Gasteiger partial charge on any atom is -0.493 e. The maximum atomic E-state index is 14.5. The van der Waals surface area contributed by atoms with E-state index >= 15 is 0 Å². The van der Waals surface area contributed by atoms with Crippen molar-refractivity contribution in [2.24, 2.45) is 0 Å². The number of likely N-dealkylation sites (N-methyl/N-ethyl adjacent to an activating group) is 1. The Bertz CT molecular complexity index is 799. The van der Waals surface area contributed by atoms with Gasteiger partial charge in [0.1, 0.15) is 11.6 Å². The van der Waals surface area contributed by atoms with Crippen molar-refractivity contribution < 1.29 is 13.9 Å². The molecule has 2 aromatic rings. The molecule has 7 heteroatoms. The summed E-state index contributed by atoms with van der Waals surface area (Å²) in [6.45, 7) is 2.79. The van der Waals surface area contributed by atoms with Crippen LogP contribution in [-0.2, 0) is 6.54 Å². The first-order chi connectivity index (χ1) is 13.1. The Morgan fingerprint density at radius 3 is 2.93 bits per heavy atom. The van der Waals surface area contributed by atoms with Crippen molar-refractivity contribution >= 4 is 11.6 Å². The van der Waals surface area contributed by atoms with Gasteiger partial charge in [-0.05, 0) is 32.1 Å². The van der Waals surface area contributed by atoms with Crippen LogP contribution in [0.2, 0.25) is 0 Å². The molecule has 1 aliphatic rings. The van der Waals surface area contributed by atoms with Crippen LogP contribution in [0.25, 0.3) is 0 Å². The molecule has 0 aliphatic carbocycles. The number of anilines is 1. The minimum absolute atomic E-state index is 0.130. The number of benzene rings is 1. The van der Waals surface area contributed by atoms with Gasteiger partial charge < -0.3 is 19.9 Å². The number of aromatic nitrogens is 1. The van der Waals surface area contributed by atoms with Gasteiger partial charge in [0.15, 0.2) is 0 Å². The third-order valence-electron chi connectivity index (χ3n) is 4.66. The van der Waals surface area contributed by atoms with Gasteiger partial charge in [-0.2, -0.15) is 0 Å². The van der Waals surface area contributed by atoms with E-state index < -0.39 is 0 Å². The molecule has 1 aromatic carbocycles. The highest BCUT2D eigenvalue weighted by atomic mass is 19.1. The third kappa shape index (κ3) is 4.54. The number of hydrogen-bond donors (Lipinski definition) is 1. The van der Waals surface area contributed by atoms with Gasteiger partial charge in [0.25, 0.3) is 5.91 Å². The zero-order chi connectivity index (χ0) is 19.2. The summed E-state index contributed by atoms with van der Waals surface area (Å²) < 4.78 is 20.1. The standard InChI is InChI=1S/C20H25FN4O2/c1-22-7-3-11-27-16-5-4-15(18(21)12-16)14-25-10-9-24(2)19-6-8-23-13-17(19)20(25)26/h4-6,8,12-13,22H,3,7,9-11,14H2,1-2H3. The Labute approximate surface area is 158 Å². The largest absolute Gasteiger partial charge is 0.493 e. The van der Waals surface area contributed by atoms with E-state index in [-0.39, 0.29) is 18.3 Å². The second kappa shape index (κ2) is 8.81. The SMILES string of the molecule is CNCCCOc1ccc(CN2CCN(C)c3ccncc3C2=O)c(F)c1. The summed E-state index contributed by atoms with van der Waals surface area (Å²) >= 11 is 0. The highest BCUT2D eigenvalue weighted by Crippen LogP contribution is 2.25. The molecule has 0 saturated heterocycles. The lowest BCUT2D eigenvalue weighted by atomic mass is 10.1. The molecule has 3 rings (SSSR count). The van der Waals surface area contributed by atoms with Crippen molar-refractivity contribution in [3.63, 3.8) is 0 Å². The summed E-state index contributed by atoms with van der Waals surface area (Å²) in [5, 5.41) is 3.04. The molecule has 1 aliphatic heterocycles. The van der Waals surface area contributed by atoms with Crippen molar-refractivity contribution in [1.82, 2.24) is 15.2 Å². The molecule has 1 amide bonds. The van der Waals surface area contributed by atoms with Gasteiger partial charge in [0.05, 0.1) is 17.9 Å². The Hall–Kier alpha value is -2.67. The Morgan fingerprint density at radius 1 is 1.30 bits per heavy atom. The molecule has 27 heavy (non-hydrogen) atoms. The molecule has 0 saturated carbocycles. The van der Waals surface area contributed by atoms with Crippen molar-refractivity contribution in [1.29, 1.82) is 0 Å². The maximum absolute atomic E-state index is 14.5. The number of nitrogens with zero attached hydrogens (tertiary/aromatic N) is 3. The molecule has 0 unspecified atom stereocenters. The van der Waals surface area contributed by atoms with E-state index in [9.17, 15) is 9.18 Å². The summed E-state index contributed by atoms with van der Waals surface area (Å²) in [7, 11) is 3.82. The van der Waals surface area contributed by atoms with Gasteiger partial charge in [-0.25, -0.2) is 4.39 Å². The zero-order valence-electron chi connectivity index (χ0n) is 15.7. The average Bonchev–Trinajstić information content (AvgIpc) is 2.79. The summed E-state index contributed by atoms with van der Waals surface area (Å²) in [6, 6.07) is 6.66. The van der Waals surface area contributed by atoms with Crippen LogP contribution < -0.4 is 15.0 Å².